The highest BCUT2D eigenvalue weighted by Crippen LogP contribution is 2.38. The first-order valence-electron chi connectivity index (χ1n) is 8.85. The van der Waals surface area contributed by atoms with Gasteiger partial charge in [0.2, 0.25) is 0 Å². The maximum atomic E-state index is 12.6. The summed E-state index contributed by atoms with van der Waals surface area (Å²) in [6.45, 7) is 1.32. The summed E-state index contributed by atoms with van der Waals surface area (Å²) in [6, 6.07) is 3.83. The van der Waals surface area contributed by atoms with Crippen LogP contribution in [-0.4, -0.2) is 53.6 Å². The van der Waals surface area contributed by atoms with Crippen LogP contribution in [0.2, 0.25) is 0 Å². The monoisotopic (exact) mass is 353 g/mol. The van der Waals surface area contributed by atoms with Crippen LogP contribution in [-0.2, 0) is 7.05 Å². The first-order chi connectivity index (χ1) is 12.7. The molecular weight excluding hydrogens is 334 g/mol. The molecule has 1 aliphatic heterocycles. The molecule has 0 N–H and O–H groups in total. The minimum Gasteiger partial charge on any atom is -0.347 e. The predicted octanol–water partition coefficient (Wildman–Crippen LogP) is 1.63. The molecule has 0 bridgehead atoms. The van der Waals surface area contributed by atoms with E-state index in [0.717, 1.165) is 25.1 Å². The minimum atomic E-state index is 0.0475. The molecule has 3 aromatic rings. The van der Waals surface area contributed by atoms with Crippen molar-refractivity contribution >= 4 is 5.91 Å². The summed E-state index contributed by atoms with van der Waals surface area (Å²) < 4.78 is 8.95. The number of hydrogen-bond acceptors (Lipinski definition) is 6. The number of hydrogen-bond donors (Lipinski definition) is 0. The van der Waals surface area contributed by atoms with Crippen molar-refractivity contribution in [2.24, 2.45) is 7.05 Å². The molecule has 9 heteroatoms. The van der Waals surface area contributed by atoms with Gasteiger partial charge in [0, 0.05) is 32.3 Å². The zero-order chi connectivity index (χ0) is 17.7. The molecule has 0 aromatic carbocycles. The zero-order valence-electron chi connectivity index (χ0n) is 14.4. The average Bonchev–Trinajstić information content (AvgIpc) is 3.14. The van der Waals surface area contributed by atoms with E-state index in [1.165, 1.54) is 0 Å². The third-order valence-corrected chi connectivity index (χ3v) is 5.10. The Kier molecular flexibility index (Phi) is 3.41. The molecule has 0 spiro atoms. The van der Waals surface area contributed by atoms with Crippen LogP contribution in [0.3, 0.4) is 0 Å². The first-order valence-corrected chi connectivity index (χ1v) is 8.85. The quantitative estimate of drug-likeness (QED) is 0.707. The van der Waals surface area contributed by atoms with Gasteiger partial charge in [-0.1, -0.05) is 10.4 Å². The van der Waals surface area contributed by atoms with Gasteiger partial charge >= 0.3 is 0 Å². The summed E-state index contributed by atoms with van der Waals surface area (Å²) in [7, 11) is 1.88. The van der Waals surface area contributed by atoms with Crippen molar-refractivity contribution in [1.29, 1.82) is 0 Å². The summed E-state index contributed by atoms with van der Waals surface area (Å²) in [5.74, 6) is 1.66. The molecule has 1 atom stereocenters. The van der Waals surface area contributed by atoms with Gasteiger partial charge in [0.15, 0.2) is 11.5 Å². The van der Waals surface area contributed by atoms with E-state index in [1.54, 1.807) is 4.68 Å². The molecule has 4 heterocycles. The second kappa shape index (κ2) is 5.79. The molecular formula is C17H19N7O2. The van der Waals surface area contributed by atoms with Gasteiger partial charge in [0.1, 0.15) is 5.69 Å². The molecule has 2 aliphatic rings. The Bertz CT molecular complexity index is 952. The van der Waals surface area contributed by atoms with E-state index in [-0.39, 0.29) is 11.9 Å². The number of carbonyl (C=O) groups excluding carboxylic acids is 1. The molecule has 1 saturated carbocycles. The Balaban J connectivity index is 1.29. The second-order valence-electron chi connectivity index (χ2n) is 7.01. The third-order valence-electron chi connectivity index (χ3n) is 5.10. The van der Waals surface area contributed by atoms with Gasteiger partial charge < -0.3 is 14.0 Å². The van der Waals surface area contributed by atoms with Crippen LogP contribution < -0.4 is 0 Å². The molecule has 1 saturated heterocycles. The van der Waals surface area contributed by atoms with Crippen LogP contribution in [0, 0.1) is 0 Å². The smallest absolute Gasteiger partial charge is 0.280 e. The molecule has 3 aromatic heterocycles. The largest absolute Gasteiger partial charge is 0.347 e. The van der Waals surface area contributed by atoms with Gasteiger partial charge in [-0.05, 0) is 31.4 Å². The van der Waals surface area contributed by atoms with E-state index >= 15 is 0 Å². The summed E-state index contributed by atoms with van der Waals surface area (Å²) in [4.78, 5) is 18.9. The number of likely N-dealkylation sites (tertiary alicyclic amines) is 1. The molecule has 134 valence electrons. The molecule has 1 aliphatic carbocycles. The molecule has 1 amide bonds. The Labute approximate surface area is 149 Å². The Hall–Kier alpha value is -2.97. The van der Waals surface area contributed by atoms with Crippen LogP contribution >= 0.6 is 0 Å². The molecule has 5 rings (SSSR count). The topological polar surface area (TPSA) is 94.9 Å². The van der Waals surface area contributed by atoms with Crippen molar-refractivity contribution in [2.75, 3.05) is 13.1 Å². The van der Waals surface area contributed by atoms with Crippen molar-refractivity contribution in [3.05, 3.63) is 36.0 Å². The summed E-state index contributed by atoms with van der Waals surface area (Å²) in [5.41, 5.74) is 1.28. The standard InChI is InChI=1S/C17H19N7O2/c1-22-7-2-3-14(22)17(25)23-8-6-12(9-23)24-10-13(19-21-24)16-18-15(20-26-16)11-4-5-11/h2-3,7,10-12H,4-6,8-9H2,1H3/t12-/m0/s1. The molecule has 0 radical (unpaired) electrons. The number of nitrogens with zero attached hydrogens (tertiary/aromatic N) is 7. The maximum Gasteiger partial charge on any atom is 0.280 e. The summed E-state index contributed by atoms with van der Waals surface area (Å²) in [5, 5.41) is 12.4. The third kappa shape index (κ3) is 2.59. The van der Waals surface area contributed by atoms with E-state index in [1.807, 2.05) is 41.0 Å². The lowest BCUT2D eigenvalue weighted by Crippen LogP contribution is -2.30. The number of aryl methyl sites for hydroxylation is 1. The van der Waals surface area contributed by atoms with E-state index in [0.29, 0.717) is 36.3 Å². The maximum absolute atomic E-state index is 12.6. The lowest BCUT2D eigenvalue weighted by Gasteiger charge is -2.16. The van der Waals surface area contributed by atoms with E-state index < -0.39 is 0 Å². The molecule has 9 nitrogen and oxygen atoms in total. The highest BCUT2D eigenvalue weighted by Gasteiger charge is 2.31. The van der Waals surface area contributed by atoms with Crippen LogP contribution in [0.4, 0.5) is 0 Å². The minimum absolute atomic E-state index is 0.0475. The normalized spacial score (nSPS) is 20.0. The lowest BCUT2D eigenvalue weighted by molar-refractivity contribution is 0.0777. The van der Waals surface area contributed by atoms with Gasteiger partial charge in [-0.3, -0.25) is 4.79 Å². The SMILES string of the molecule is Cn1cccc1C(=O)N1CC[C@H](n2cc(-c3nc(C4CC4)no3)nn2)C1. The highest BCUT2D eigenvalue weighted by molar-refractivity contribution is 5.92. The zero-order valence-corrected chi connectivity index (χ0v) is 14.4. The van der Waals surface area contributed by atoms with Gasteiger partial charge in [-0.2, -0.15) is 4.98 Å². The Morgan fingerprint density at radius 3 is 2.96 bits per heavy atom. The highest BCUT2D eigenvalue weighted by atomic mass is 16.5. The molecule has 26 heavy (non-hydrogen) atoms. The summed E-state index contributed by atoms with van der Waals surface area (Å²) in [6.07, 6.45) is 6.80. The van der Waals surface area contributed by atoms with Crippen molar-refractivity contribution in [2.45, 2.75) is 31.2 Å². The van der Waals surface area contributed by atoms with Crippen molar-refractivity contribution in [1.82, 2.24) is 34.6 Å². The first kappa shape index (κ1) is 15.3. The van der Waals surface area contributed by atoms with Crippen molar-refractivity contribution in [3.63, 3.8) is 0 Å². The van der Waals surface area contributed by atoms with Crippen molar-refractivity contribution < 1.29 is 9.32 Å². The van der Waals surface area contributed by atoms with Gasteiger partial charge in [-0.25, -0.2) is 4.68 Å². The van der Waals surface area contributed by atoms with Gasteiger partial charge in [0.05, 0.1) is 12.2 Å². The van der Waals surface area contributed by atoms with E-state index in [9.17, 15) is 4.79 Å². The van der Waals surface area contributed by atoms with Crippen LogP contribution in [0.25, 0.3) is 11.6 Å². The average molecular weight is 353 g/mol. The van der Waals surface area contributed by atoms with Crippen LogP contribution in [0.15, 0.2) is 29.0 Å². The van der Waals surface area contributed by atoms with Crippen LogP contribution in [0.5, 0.6) is 0 Å². The number of aromatic nitrogens is 6. The van der Waals surface area contributed by atoms with Crippen molar-refractivity contribution in [3.8, 4) is 11.6 Å². The van der Waals surface area contributed by atoms with Crippen LogP contribution in [0.1, 0.15) is 47.5 Å². The fraction of sp³-hybridized carbons (Fsp3) is 0.471. The van der Waals surface area contributed by atoms with E-state index in [4.69, 9.17) is 4.52 Å². The fourth-order valence-electron chi connectivity index (χ4n) is 3.39. The summed E-state index contributed by atoms with van der Waals surface area (Å²) >= 11 is 0. The molecule has 0 unspecified atom stereocenters. The predicted molar refractivity (Wildman–Crippen MR) is 90.3 cm³/mol. The Morgan fingerprint density at radius 1 is 1.31 bits per heavy atom. The molecule has 2 fully saturated rings. The number of rotatable bonds is 4. The number of amides is 1. The fourth-order valence-corrected chi connectivity index (χ4v) is 3.39. The second-order valence-corrected chi connectivity index (χ2v) is 7.01. The van der Waals surface area contributed by atoms with E-state index in [2.05, 4.69) is 20.5 Å². The van der Waals surface area contributed by atoms with Gasteiger partial charge in [0.25, 0.3) is 11.8 Å². The number of carbonyl (C=O) groups is 1. The van der Waals surface area contributed by atoms with Gasteiger partial charge in [-0.15, -0.1) is 5.10 Å². The Morgan fingerprint density at radius 2 is 2.19 bits per heavy atom. The lowest BCUT2D eigenvalue weighted by atomic mass is 10.3.